The predicted octanol–water partition coefficient (Wildman–Crippen LogP) is 2.30. The minimum atomic E-state index is -1.69. The molecule has 0 aliphatic rings. The van der Waals surface area contributed by atoms with Crippen LogP contribution < -0.4 is 10.9 Å². The van der Waals surface area contributed by atoms with Gasteiger partial charge >= 0.3 is 0 Å². The Morgan fingerprint density at radius 1 is 1.32 bits per heavy atom. The molecular formula is C13H10F3N3O2S. The third kappa shape index (κ3) is 3.48. The average molecular weight is 329 g/mol. The summed E-state index contributed by atoms with van der Waals surface area (Å²) in [4.78, 5) is 29.7. The molecule has 1 heterocycles. The zero-order valence-electron chi connectivity index (χ0n) is 11.2. The van der Waals surface area contributed by atoms with Gasteiger partial charge in [0.15, 0.2) is 17.5 Å². The maximum Gasteiger partial charge on any atom is 0.274 e. The average Bonchev–Trinajstić information content (AvgIpc) is 2.47. The molecular weight excluding hydrogens is 319 g/mol. The largest absolute Gasteiger partial charge is 0.318 e. The summed E-state index contributed by atoms with van der Waals surface area (Å²) >= 11 is 1.38. The molecule has 5 nitrogen and oxygen atoms in total. The molecule has 9 heteroatoms. The van der Waals surface area contributed by atoms with Gasteiger partial charge in [0.05, 0.1) is 11.4 Å². The number of nitrogens with one attached hydrogen (secondary N) is 2. The van der Waals surface area contributed by atoms with Crippen molar-refractivity contribution in [3.63, 3.8) is 0 Å². The predicted molar refractivity (Wildman–Crippen MR) is 76.3 cm³/mol. The van der Waals surface area contributed by atoms with Crippen LogP contribution in [-0.4, -0.2) is 22.1 Å². The van der Waals surface area contributed by atoms with Gasteiger partial charge in [-0.15, -0.1) is 0 Å². The molecule has 0 aliphatic carbocycles. The maximum atomic E-state index is 13.5. The van der Waals surface area contributed by atoms with Gasteiger partial charge in [0, 0.05) is 6.07 Å². The van der Waals surface area contributed by atoms with Crippen LogP contribution in [-0.2, 0) is 5.75 Å². The van der Waals surface area contributed by atoms with Gasteiger partial charge in [-0.1, -0.05) is 0 Å². The Hall–Kier alpha value is -2.29. The summed E-state index contributed by atoms with van der Waals surface area (Å²) in [5.74, 6) is -4.85. The molecule has 0 saturated carbocycles. The fourth-order valence-electron chi connectivity index (χ4n) is 1.64. The number of hydrogen-bond acceptors (Lipinski definition) is 4. The van der Waals surface area contributed by atoms with Crippen molar-refractivity contribution >= 4 is 23.4 Å². The molecule has 0 spiro atoms. The fraction of sp³-hybridized carbons (Fsp3) is 0.154. The molecule has 0 bridgehead atoms. The van der Waals surface area contributed by atoms with E-state index in [9.17, 15) is 22.8 Å². The van der Waals surface area contributed by atoms with Crippen molar-refractivity contribution in [2.75, 3.05) is 11.6 Å². The van der Waals surface area contributed by atoms with E-state index in [1.807, 2.05) is 5.32 Å². The normalized spacial score (nSPS) is 10.5. The highest BCUT2D eigenvalue weighted by Crippen LogP contribution is 2.20. The summed E-state index contributed by atoms with van der Waals surface area (Å²) in [6.45, 7) is 0. The fourth-order valence-corrected chi connectivity index (χ4v) is 2.05. The summed E-state index contributed by atoms with van der Waals surface area (Å²) in [7, 11) is 0. The van der Waals surface area contributed by atoms with Crippen LogP contribution in [0.2, 0.25) is 0 Å². The van der Waals surface area contributed by atoms with E-state index in [4.69, 9.17) is 0 Å². The SMILES string of the molecule is CSCc1nc(C(=O)Nc2ccc(F)c(F)c2F)cc(=O)[nH]1. The second kappa shape index (κ2) is 6.65. The number of anilines is 1. The monoisotopic (exact) mass is 329 g/mol. The molecule has 0 radical (unpaired) electrons. The minimum absolute atomic E-state index is 0.253. The van der Waals surface area contributed by atoms with E-state index in [1.165, 1.54) is 11.8 Å². The van der Waals surface area contributed by atoms with Crippen LogP contribution in [0.4, 0.5) is 18.9 Å². The molecule has 2 rings (SSSR count). The Balaban J connectivity index is 2.30. The van der Waals surface area contributed by atoms with Crippen molar-refractivity contribution in [1.82, 2.24) is 9.97 Å². The highest BCUT2D eigenvalue weighted by Gasteiger charge is 2.17. The van der Waals surface area contributed by atoms with E-state index in [0.717, 1.165) is 12.1 Å². The first-order chi connectivity index (χ1) is 10.4. The van der Waals surface area contributed by atoms with Crippen LogP contribution in [0.1, 0.15) is 16.3 Å². The van der Waals surface area contributed by atoms with E-state index in [1.54, 1.807) is 6.26 Å². The lowest BCUT2D eigenvalue weighted by Crippen LogP contribution is -2.20. The van der Waals surface area contributed by atoms with Crippen molar-refractivity contribution in [3.8, 4) is 0 Å². The van der Waals surface area contributed by atoms with Crippen molar-refractivity contribution in [3.05, 3.63) is 57.5 Å². The highest BCUT2D eigenvalue weighted by atomic mass is 32.2. The third-order valence-electron chi connectivity index (χ3n) is 2.59. The minimum Gasteiger partial charge on any atom is -0.318 e. The Bertz CT molecular complexity index is 780. The number of rotatable bonds is 4. The Morgan fingerprint density at radius 3 is 2.73 bits per heavy atom. The van der Waals surface area contributed by atoms with E-state index >= 15 is 0 Å². The molecule has 0 saturated heterocycles. The number of benzene rings is 1. The highest BCUT2D eigenvalue weighted by molar-refractivity contribution is 7.97. The summed E-state index contributed by atoms with van der Waals surface area (Å²) in [5.41, 5.74) is -1.34. The number of carbonyl (C=O) groups excluding carboxylic acids is 1. The van der Waals surface area contributed by atoms with Crippen molar-refractivity contribution in [2.45, 2.75) is 5.75 Å². The van der Waals surface area contributed by atoms with Crippen LogP contribution in [0.5, 0.6) is 0 Å². The summed E-state index contributed by atoms with van der Waals surface area (Å²) in [6.07, 6.45) is 1.78. The number of halogens is 3. The number of aromatic nitrogens is 2. The molecule has 0 atom stereocenters. The van der Waals surface area contributed by atoms with Gasteiger partial charge < -0.3 is 10.3 Å². The molecule has 1 amide bonds. The molecule has 116 valence electrons. The van der Waals surface area contributed by atoms with Crippen molar-refractivity contribution < 1.29 is 18.0 Å². The lowest BCUT2D eigenvalue weighted by Gasteiger charge is -2.07. The lowest BCUT2D eigenvalue weighted by atomic mass is 10.2. The molecule has 0 aliphatic heterocycles. The number of thioether (sulfide) groups is 1. The summed E-state index contributed by atoms with van der Waals surface area (Å²) in [5, 5.41) is 2.05. The van der Waals surface area contributed by atoms with Crippen molar-refractivity contribution in [2.24, 2.45) is 0 Å². The van der Waals surface area contributed by atoms with Gasteiger partial charge in [-0.2, -0.15) is 11.8 Å². The standard InChI is InChI=1S/C13H10F3N3O2S/c1-22-5-9-17-8(4-10(20)19-9)13(21)18-7-3-2-6(14)11(15)12(7)16/h2-4H,5H2,1H3,(H,18,21)(H,17,19,20). The smallest absolute Gasteiger partial charge is 0.274 e. The quantitative estimate of drug-likeness (QED) is 0.844. The number of carbonyl (C=O) groups is 1. The van der Waals surface area contributed by atoms with E-state index in [0.29, 0.717) is 11.8 Å². The second-order valence-corrected chi connectivity index (χ2v) is 5.05. The zero-order chi connectivity index (χ0) is 16.3. The number of hydrogen-bond donors (Lipinski definition) is 2. The van der Waals surface area contributed by atoms with E-state index in [-0.39, 0.29) is 11.5 Å². The number of aromatic amines is 1. The Kier molecular flexibility index (Phi) is 4.86. The summed E-state index contributed by atoms with van der Waals surface area (Å²) in [6, 6.07) is 2.48. The van der Waals surface area contributed by atoms with Gasteiger partial charge in [-0.25, -0.2) is 18.2 Å². The summed E-state index contributed by atoms with van der Waals surface area (Å²) < 4.78 is 39.4. The number of nitrogens with zero attached hydrogens (tertiary/aromatic N) is 1. The number of H-pyrrole nitrogens is 1. The van der Waals surface area contributed by atoms with Gasteiger partial charge in [-0.05, 0) is 18.4 Å². The lowest BCUT2D eigenvalue weighted by molar-refractivity contribution is 0.102. The zero-order valence-corrected chi connectivity index (χ0v) is 12.1. The Morgan fingerprint density at radius 2 is 2.05 bits per heavy atom. The third-order valence-corrected chi connectivity index (χ3v) is 3.15. The van der Waals surface area contributed by atoms with Gasteiger partial charge in [0.1, 0.15) is 11.5 Å². The van der Waals surface area contributed by atoms with Crippen LogP contribution in [0, 0.1) is 17.5 Å². The van der Waals surface area contributed by atoms with Crippen LogP contribution >= 0.6 is 11.8 Å². The van der Waals surface area contributed by atoms with Gasteiger partial charge in [-0.3, -0.25) is 9.59 Å². The topological polar surface area (TPSA) is 74.8 Å². The first kappa shape index (κ1) is 16.1. The molecule has 0 fully saturated rings. The molecule has 1 aromatic heterocycles. The van der Waals surface area contributed by atoms with Crippen LogP contribution in [0.15, 0.2) is 23.0 Å². The number of amides is 1. The van der Waals surface area contributed by atoms with E-state index < -0.39 is 34.6 Å². The van der Waals surface area contributed by atoms with Gasteiger partial charge in [0.2, 0.25) is 0 Å². The molecule has 0 unspecified atom stereocenters. The van der Waals surface area contributed by atoms with E-state index in [2.05, 4.69) is 9.97 Å². The molecule has 1 aromatic carbocycles. The first-order valence-electron chi connectivity index (χ1n) is 5.96. The molecule has 2 aromatic rings. The molecule has 22 heavy (non-hydrogen) atoms. The molecule has 2 N–H and O–H groups in total. The van der Waals surface area contributed by atoms with Crippen LogP contribution in [0.25, 0.3) is 0 Å². The second-order valence-electron chi connectivity index (χ2n) is 4.19. The van der Waals surface area contributed by atoms with Gasteiger partial charge in [0.25, 0.3) is 11.5 Å². The first-order valence-corrected chi connectivity index (χ1v) is 7.35. The Labute approximate surface area is 127 Å². The van der Waals surface area contributed by atoms with Crippen LogP contribution in [0.3, 0.4) is 0 Å². The maximum absolute atomic E-state index is 13.5. The van der Waals surface area contributed by atoms with Crippen molar-refractivity contribution in [1.29, 1.82) is 0 Å².